The summed E-state index contributed by atoms with van der Waals surface area (Å²) in [6.07, 6.45) is -11.9. The van der Waals surface area contributed by atoms with Crippen molar-refractivity contribution in [1.82, 2.24) is 20.5 Å². The highest BCUT2D eigenvalue weighted by Crippen LogP contribution is 2.39. The van der Waals surface area contributed by atoms with Gasteiger partial charge in [-0.25, -0.2) is 5.48 Å². The molecule has 2 heterocycles. The van der Waals surface area contributed by atoms with Crippen molar-refractivity contribution in [3.8, 4) is 11.7 Å². The molecule has 3 N–H and O–H groups in total. The number of hydrogen-bond donors (Lipinski definition) is 3. The Morgan fingerprint density at radius 1 is 1.05 bits per heavy atom. The molecule has 0 radical (unpaired) electrons. The van der Waals surface area contributed by atoms with Gasteiger partial charge in [0.05, 0.1) is 23.8 Å². The number of nitrogens with one attached hydrogen (secondary N) is 1. The van der Waals surface area contributed by atoms with Gasteiger partial charge in [0.1, 0.15) is 12.1 Å². The average Bonchev–Trinajstić information content (AvgIpc) is 3.58. The molecule has 0 bridgehead atoms. The van der Waals surface area contributed by atoms with Crippen molar-refractivity contribution in [2.45, 2.75) is 64.5 Å². The zero-order valence-electron chi connectivity index (χ0n) is 22.6. The first kappa shape index (κ1) is 32.6. The van der Waals surface area contributed by atoms with Crippen molar-refractivity contribution < 1.29 is 55.2 Å². The summed E-state index contributed by atoms with van der Waals surface area (Å²) in [6, 6.07) is 3.34. The SMILES string of the molecule is CC(C)(C)[C@@H](c1noc(-c2ccco2)n1)N(CCCc1cc(C(F)(F)F)cc(C(F)(F)F)c1)C(=O)C[C@H](O)C(=O)NO. The molecule has 0 aliphatic carbocycles. The first-order valence-electron chi connectivity index (χ1n) is 12.5. The van der Waals surface area contributed by atoms with E-state index in [0.29, 0.717) is 12.1 Å². The van der Waals surface area contributed by atoms with Gasteiger partial charge >= 0.3 is 12.4 Å². The number of alkyl halides is 6. The van der Waals surface area contributed by atoms with Crippen LogP contribution in [0.5, 0.6) is 0 Å². The maximum Gasteiger partial charge on any atom is 0.416 e. The topological polar surface area (TPSA) is 142 Å². The number of halogens is 6. The molecule has 0 spiro atoms. The third-order valence-electron chi connectivity index (χ3n) is 6.16. The standard InChI is InChI=1S/C26H28F6N4O6/c1-24(2,3)20(21-33-23(42-35-21)18-7-5-9-41-18)36(19(38)13-17(37)22(39)34-40)8-4-6-14-10-15(25(27,28)29)12-16(11-14)26(30,31)32/h5,7,9-12,17,20,37,40H,4,6,8,13H2,1-3H3,(H,34,39)/t17-,20+/m0/s1. The summed E-state index contributed by atoms with van der Waals surface area (Å²) in [5.41, 5.74) is -2.82. The molecule has 42 heavy (non-hydrogen) atoms. The number of aromatic nitrogens is 2. The summed E-state index contributed by atoms with van der Waals surface area (Å²) in [5.74, 6) is -1.92. The van der Waals surface area contributed by atoms with E-state index in [1.165, 1.54) is 11.7 Å². The number of aryl methyl sites for hydroxylation is 1. The highest BCUT2D eigenvalue weighted by atomic mass is 19.4. The molecule has 2 aromatic heterocycles. The monoisotopic (exact) mass is 606 g/mol. The minimum Gasteiger partial charge on any atom is -0.459 e. The van der Waals surface area contributed by atoms with E-state index in [9.17, 15) is 41.0 Å². The van der Waals surface area contributed by atoms with Crippen LogP contribution in [0, 0.1) is 5.41 Å². The maximum absolute atomic E-state index is 13.4. The number of aliphatic hydroxyl groups excluding tert-OH is 1. The van der Waals surface area contributed by atoms with Crippen LogP contribution in [0.15, 0.2) is 45.5 Å². The van der Waals surface area contributed by atoms with E-state index in [0.717, 1.165) is 4.90 Å². The molecule has 2 atom stereocenters. The van der Waals surface area contributed by atoms with Crippen LogP contribution in [0.3, 0.4) is 0 Å². The summed E-state index contributed by atoms with van der Waals surface area (Å²) >= 11 is 0. The largest absolute Gasteiger partial charge is 0.459 e. The number of benzene rings is 1. The van der Waals surface area contributed by atoms with Crippen LogP contribution < -0.4 is 5.48 Å². The lowest BCUT2D eigenvalue weighted by molar-refractivity contribution is -0.146. The summed E-state index contributed by atoms with van der Waals surface area (Å²) in [7, 11) is 0. The van der Waals surface area contributed by atoms with E-state index < -0.39 is 59.3 Å². The van der Waals surface area contributed by atoms with Gasteiger partial charge in [-0.1, -0.05) is 25.9 Å². The molecule has 16 heteroatoms. The molecule has 0 saturated carbocycles. The molecule has 0 aliphatic heterocycles. The summed E-state index contributed by atoms with van der Waals surface area (Å²) in [4.78, 5) is 30.5. The minimum absolute atomic E-state index is 0.0122. The molecule has 0 aliphatic rings. The van der Waals surface area contributed by atoms with Gasteiger partial charge in [0.2, 0.25) is 5.91 Å². The molecule has 0 unspecified atom stereocenters. The molecule has 0 saturated heterocycles. The Hall–Kier alpha value is -3.92. The van der Waals surface area contributed by atoms with Gasteiger partial charge in [-0.15, -0.1) is 0 Å². The van der Waals surface area contributed by atoms with Crippen LogP contribution in [0.4, 0.5) is 26.3 Å². The number of nitrogens with zero attached hydrogens (tertiary/aromatic N) is 3. The molecule has 230 valence electrons. The fraction of sp³-hybridized carbons (Fsp3) is 0.462. The third kappa shape index (κ3) is 8.09. The number of amides is 2. The van der Waals surface area contributed by atoms with Crippen LogP contribution in [0.25, 0.3) is 11.7 Å². The summed E-state index contributed by atoms with van der Waals surface area (Å²) in [5, 5.41) is 22.8. The van der Waals surface area contributed by atoms with Crippen molar-refractivity contribution >= 4 is 11.8 Å². The minimum atomic E-state index is -5.02. The van der Waals surface area contributed by atoms with E-state index in [4.69, 9.17) is 14.1 Å². The number of aliphatic hydroxyl groups is 1. The number of carbonyl (C=O) groups is 2. The second kappa shape index (κ2) is 12.5. The van der Waals surface area contributed by atoms with Gasteiger partial charge in [0, 0.05) is 6.54 Å². The number of furan rings is 1. The molecule has 3 rings (SSSR count). The molecular weight excluding hydrogens is 578 g/mol. The Kier molecular flexibility index (Phi) is 9.72. The van der Waals surface area contributed by atoms with E-state index >= 15 is 0 Å². The van der Waals surface area contributed by atoms with Crippen molar-refractivity contribution in [3.05, 3.63) is 59.1 Å². The molecule has 1 aromatic carbocycles. The lowest BCUT2D eigenvalue weighted by Crippen LogP contribution is -2.45. The molecule has 10 nitrogen and oxygen atoms in total. The fourth-order valence-corrected chi connectivity index (χ4v) is 4.31. The Labute approximate surface area is 235 Å². The number of hydroxylamine groups is 1. The van der Waals surface area contributed by atoms with Crippen molar-refractivity contribution in [1.29, 1.82) is 0 Å². The average molecular weight is 607 g/mol. The predicted octanol–water partition coefficient (Wildman–Crippen LogP) is 5.17. The van der Waals surface area contributed by atoms with Crippen LogP contribution in [-0.4, -0.2) is 49.8 Å². The number of rotatable bonds is 10. The number of carbonyl (C=O) groups excluding carboxylic acids is 2. The van der Waals surface area contributed by atoms with Crippen molar-refractivity contribution in [2.24, 2.45) is 5.41 Å². The van der Waals surface area contributed by atoms with E-state index in [2.05, 4.69) is 10.1 Å². The second-order valence-electron chi connectivity index (χ2n) is 10.5. The van der Waals surface area contributed by atoms with Crippen molar-refractivity contribution in [2.75, 3.05) is 6.54 Å². The van der Waals surface area contributed by atoms with Gasteiger partial charge in [-0.3, -0.25) is 14.8 Å². The zero-order chi connectivity index (χ0) is 31.5. The van der Waals surface area contributed by atoms with Gasteiger partial charge in [0.15, 0.2) is 11.6 Å². The quantitative estimate of drug-likeness (QED) is 0.163. The third-order valence-corrected chi connectivity index (χ3v) is 6.16. The van der Waals surface area contributed by atoms with Crippen LogP contribution >= 0.6 is 0 Å². The summed E-state index contributed by atoms with van der Waals surface area (Å²) in [6.45, 7) is 4.87. The zero-order valence-corrected chi connectivity index (χ0v) is 22.6. The fourth-order valence-electron chi connectivity index (χ4n) is 4.31. The van der Waals surface area contributed by atoms with E-state index in [-0.39, 0.29) is 48.5 Å². The second-order valence-corrected chi connectivity index (χ2v) is 10.5. The predicted molar refractivity (Wildman–Crippen MR) is 131 cm³/mol. The van der Waals surface area contributed by atoms with E-state index in [1.54, 1.807) is 32.9 Å². The molecule has 3 aromatic rings. The molecule has 2 amide bonds. The first-order chi connectivity index (χ1) is 19.4. The van der Waals surface area contributed by atoms with Crippen LogP contribution in [0.1, 0.15) is 62.2 Å². The molecule has 0 fully saturated rings. The Morgan fingerprint density at radius 2 is 1.67 bits per heavy atom. The molecular formula is C26H28F6N4O6. The van der Waals surface area contributed by atoms with E-state index in [1.807, 2.05) is 0 Å². The highest BCUT2D eigenvalue weighted by molar-refractivity contribution is 5.86. The highest BCUT2D eigenvalue weighted by Gasteiger charge is 2.40. The smallest absolute Gasteiger partial charge is 0.416 e. The Bertz CT molecular complexity index is 1330. The summed E-state index contributed by atoms with van der Waals surface area (Å²) < 4.78 is 90.4. The lowest BCUT2D eigenvalue weighted by Gasteiger charge is -2.38. The van der Waals surface area contributed by atoms with Gasteiger partial charge in [0.25, 0.3) is 11.8 Å². The van der Waals surface area contributed by atoms with Gasteiger partial charge in [-0.05, 0) is 54.2 Å². The van der Waals surface area contributed by atoms with Gasteiger partial charge in [-0.2, -0.15) is 31.3 Å². The van der Waals surface area contributed by atoms with Crippen molar-refractivity contribution in [3.63, 3.8) is 0 Å². The Balaban J connectivity index is 1.96. The number of hydrogen-bond acceptors (Lipinski definition) is 8. The van der Waals surface area contributed by atoms with Crippen LogP contribution in [-0.2, 0) is 28.4 Å². The maximum atomic E-state index is 13.4. The lowest BCUT2D eigenvalue weighted by atomic mass is 9.84. The first-order valence-corrected chi connectivity index (χ1v) is 12.5. The normalized spacial score (nSPS) is 14.0. The Morgan fingerprint density at radius 3 is 2.17 bits per heavy atom. The van der Waals surface area contributed by atoms with Crippen LogP contribution in [0.2, 0.25) is 0 Å². The van der Waals surface area contributed by atoms with Gasteiger partial charge < -0.3 is 18.9 Å².